The minimum Gasteiger partial charge on any atom is -0.507 e. The van der Waals surface area contributed by atoms with Gasteiger partial charge in [0.25, 0.3) is 11.7 Å². The molecule has 8 nitrogen and oxygen atoms in total. The standard InChI is InChI=1S/C26H23BrN2O6/c1-33-19-11-17(12-20(34-2)25(19)35-3)22-21(23(30)16-6-8-18(27)9-7-16)24(31)26(32)29(22)14-15-5-4-10-28-13-15/h4-13,22,30H,14H2,1-3H3/b23-21+. The molecule has 0 spiro atoms. The van der Waals surface area contributed by atoms with Crippen molar-refractivity contribution in [2.75, 3.05) is 21.3 Å². The molecule has 1 amide bonds. The van der Waals surface area contributed by atoms with E-state index in [4.69, 9.17) is 14.2 Å². The molecule has 2 heterocycles. The van der Waals surface area contributed by atoms with Crippen LogP contribution in [0.5, 0.6) is 17.2 Å². The molecule has 1 unspecified atom stereocenters. The molecular weight excluding hydrogens is 516 g/mol. The predicted octanol–water partition coefficient (Wildman–Crippen LogP) is 4.49. The van der Waals surface area contributed by atoms with Gasteiger partial charge in [-0.2, -0.15) is 0 Å². The number of aliphatic hydroxyl groups excluding tert-OH is 1. The molecule has 1 aliphatic heterocycles. The quantitative estimate of drug-likeness (QED) is 0.268. The Balaban J connectivity index is 1.94. The van der Waals surface area contributed by atoms with Crippen LogP contribution in [-0.4, -0.2) is 48.0 Å². The van der Waals surface area contributed by atoms with Gasteiger partial charge in [0.2, 0.25) is 5.75 Å². The van der Waals surface area contributed by atoms with Crippen LogP contribution in [0.25, 0.3) is 5.76 Å². The molecule has 1 fully saturated rings. The van der Waals surface area contributed by atoms with E-state index in [0.717, 1.165) is 10.0 Å². The highest BCUT2D eigenvalue weighted by Crippen LogP contribution is 2.46. The zero-order valence-corrected chi connectivity index (χ0v) is 20.9. The maximum atomic E-state index is 13.3. The fourth-order valence-corrected chi connectivity index (χ4v) is 4.36. The van der Waals surface area contributed by atoms with Crippen LogP contribution in [0.2, 0.25) is 0 Å². The van der Waals surface area contributed by atoms with Crippen molar-refractivity contribution < 1.29 is 28.9 Å². The summed E-state index contributed by atoms with van der Waals surface area (Å²) in [6, 6.07) is 12.8. The van der Waals surface area contributed by atoms with Crippen molar-refractivity contribution in [3.05, 3.63) is 87.7 Å². The Kier molecular flexibility index (Phi) is 7.07. The van der Waals surface area contributed by atoms with Gasteiger partial charge in [0.1, 0.15) is 5.76 Å². The van der Waals surface area contributed by atoms with E-state index in [-0.39, 0.29) is 17.9 Å². The first-order chi connectivity index (χ1) is 16.9. The lowest BCUT2D eigenvalue weighted by molar-refractivity contribution is -0.140. The Bertz CT molecular complexity index is 1270. The van der Waals surface area contributed by atoms with E-state index in [2.05, 4.69) is 20.9 Å². The molecule has 1 N–H and O–H groups in total. The van der Waals surface area contributed by atoms with Crippen LogP contribution in [0.4, 0.5) is 0 Å². The first-order valence-corrected chi connectivity index (χ1v) is 11.4. The van der Waals surface area contributed by atoms with Crippen molar-refractivity contribution in [2.45, 2.75) is 12.6 Å². The highest BCUT2D eigenvalue weighted by molar-refractivity contribution is 9.10. The van der Waals surface area contributed by atoms with Crippen LogP contribution in [0.3, 0.4) is 0 Å². The van der Waals surface area contributed by atoms with Crippen molar-refractivity contribution >= 4 is 33.4 Å². The third-order valence-electron chi connectivity index (χ3n) is 5.74. The molecule has 0 aliphatic carbocycles. The molecule has 1 saturated heterocycles. The van der Waals surface area contributed by atoms with Crippen molar-refractivity contribution in [3.8, 4) is 17.2 Å². The number of Topliss-reactive ketones (excluding diaryl/α,β-unsaturated/α-hetero) is 1. The second-order valence-electron chi connectivity index (χ2n) is 7.75. The van der Waals surface area contributed by atoms with E-state index < -0.39 is 17.7 Å². The summed E-state index contributed by atoms with van der Waals surface area (Å²) < 4.78 is 17.2. The molecule has 1 atom stereocenters. The number of nitrogens with zero attached hydrogens (tertiary/aromatic N) is 2. The second kappa shape index (κ2) is 10.2. The number of aromatic nitrogens is 1. The predicted molar refractivity (Wildman–Crippen MR) is 132 cm³/mol. The van der Waals surface area contributed by atoms with Crippen LogP contribution >= 0.6 is 15.9 Å². The topological polar surface area (TPSA) is 98.2 Å². The average Bonchev–Trinajstić information content (AvgIpc) is 3.13. The number of ether oxygens (including phenoxy) is 3. The number of likely N-dealkylation sites (tertiary alicyclic amines) is 1. The molecule has 9 heteroatoms. The van der Waals surface area contributed by atoms with Gasteiger partial charge in [-0.3, -0.25) is 14.6 Å². The number of methoxy groups -OCH3 is 3. The number of hydrogen-bond acceptors (Lipinski definition) is 7. The van der Waals surface area contributed by atoms with Gasteiger partial charge in [0, 0.05) is 29.0 Å². The van der Waals surface area contributed by atoms with Crippen LogP contribution in [0, 0.1) is 0 Å². The Morgan fingerprint density at radius 1 is 1.03 bits per heavy atom. The highest BCUT2D eigenvalue weighted by Gasteiger charge is 2.46. The lowest BCUT2D eigenvalue weighted by Gasteiger charge is -2.26. The van der Waals surface area contributed by atoms with E-state index in [9.17, 15) is 14.7 Å². The van der Waals surface area contributed by atoms with E-state index >= 15 is 0 Å². The highest BCUT2D eigenvalue weighted by atomic mass is 79.9. The van der Waals surface area contributed by atoms with E-state index in [1.54, 1.807) is 54.9 Å². The van der Waals surface area contributed by atoms with Crippen molar-refractivity contribution in [2.24, 2.45) is 0 Å². The number of carbonyl (C=O) groups is 2. The molecule has 180 valence electrons. The summed E-state index contributed by atoms with van der Waals surface area (Å²) in [4.78, 5) is 32.0. The van der Waals surface area contributed by atoms with Crippen molar-refractivity contribution in [1.82, 2.24) is 9.88 Å². The van der Waals surface area contributed by atoms with Crippen molar-refractivity contribution in [3.63, 3.8) is 0 Å². The fraction of sp³-hybridized carbons (Fsp3) is 0.192. The zero-order valence-electron chi connectivity index (χ0n) is 19.3. The lowest BCUT2D eigenvalue weighted by atomic mass is 9.94. The van der Waals surface area contributed by atoms with Gasteiger partial charge in [-0.05, 0) is 41.5 Å². The summed E-state index contributed by atoms with van der Waals surface area (Å²) in [6.45, 7) is 0.108. The number of benzene rings is 2. The maximum absolute atomic E-state index is 13.3. The van der Waals surface area contributed by atoms with Gasteiger partial charge in [-0.15, -0.1) is 0 Å². The fourth-order valence-electron chi connectivity index (χ4n) is 4.10. The number of rotatable bonds is 7. The lowest BCUT2D eigenvalue weighted by Crippen LogP contribution is -2.29. The minimum absolute atomic E-state index is 0.0320. The molecule has 4 rings (SSSR count). The van der Waals surface area contributed by atoms with Crippen LogP contribution < -0.4 is 14.2 Å². The summed E-state index contributed by atoms with van der Waals surface area (Å²) in [5.74, 6) is -0.701. The van der Waals surface area contributed by atoms with Gasteiger partial charge < -0.3 is 24.2 Å². The number of hydrogen-bond donors (Lipinski definition) is 1. The third kappa shape index (κ3) is 4.59. The van der Waals surface area contributed by atoms with Gasteiger partial charge in [-0.1, -0.05) is 34.1 Å². The summed E-state index contributed by atoms with van der Waals surface area (Å²) in [6.07, 6.45) is 3.25. The van der Waals surface area contributed by atoms with Crippen LogP contribution in [0.15, 0.2) is 71.0 Å². The molecule has 1 aliphatic rings. The SMILES string of the molecule is COc1cc(C2/C(=C(\O)c3ccc(Br)cc3)C(=O)C(=O)N2Cc2cccnc2)cc(OC)c1OC. The summed E-state index contributed by atoms with van der Waals surface area (Å²) in [7, 11) is 4.45. The van der Waals surface area contributed by atoms with Gasteiger partial charge in [-0.25, -0.2) is 0 Å². The second-order valence-corrected chi connectivity index (χ2v) is 8.67. The zero-order chi connectivity index (χ0) is 25.1. The van der Waals surface area contributed by atoms with E-state index in [1.807, 2.05) is 6.07 Å². The van der Waals surface area contributed by atoms with Crippen LogP contribution in [0.1, 0.15) is 22.7 Å². The largest absolute Gasteiger partial charge is 0.507 e. The summed E-state index contributed by atoms with van der Waals surface area (Å²) >= 11 is 3.37. The Labute approximate surface area is 210 Å². The number of ketones is 1. The first-order valence-electron chi connectivity index (χ1n) is 10.6. The molecule has 0 bridgehead atoms. The first kappa shape index (κ1) is 24.3. The number of pyridine rings is 1. The summed E-state index contributed by atoms with van der Waals surface area (Å²) in [5.41, 5.74) is 1.62. The maximum Gasteiger partial charge on any atom is 0.295 e. The summed E-state index contributed by atoms with van der Waals surface area (Å²) in [5, 5.41) is 11.2. The third-order valence-corrected chi connectivity index (χ3v) is 6.26. The average molecular weight is 539 g/mol. The number of carbonyl (C=O) groups excluding carboxylic acids is 2. The molecule has 0 radical (unpaired) electrons. The molecule has 2 aromatic carbocycles. The van der Waals surface area contributed by atoms with Gasteiger partial charge in [0.15, 0.2) is 11.5 Å². The Hall–Kier alpha value is -3.85. The Morgan fingerprint density at radius 2 is 1.69 bits per heavy atom. The molecule has 1 aromatic heterocycles. The van der Waals surface area contributed by atoms with Crippen LogP contribution in [-0.2, 0) is 16.1 Å². The van der Waals surface area contributed by atoms with E-state index in [1.165, 1.54) is 26.2 Å². The number of aliphatic hydroxyl groups is 1. The van der Waals surface area contributed by atoms with Gasteiger partial charge in [0.05, 0.1) is 32.9 Å². The molecular formula is C26H23BrN2O6. The van der Waals surface area contributed by atoms with Crippen molar-refractivity contribution in [1.29, 1.82) is 0 Å². The minimum atomic E-state index is -0.910. The monoisotopic (exact) mass is 538 g/mol. The normalized spacial score (nSPS) is 16.9. The smallest absolute Gasteiger partial charge is 0.295 e. The molecule has 0 saturated carbocycles. The van der Waals surface area contributed by atoms with E-state index in [0.29, 0.717) is 28.4 Å². The molecule has 35 heavy (non-hydrogen) atoms. The van der Waals surface area contributed by atoms with Gasteiger partial charge >= 0.3 is 0 Å². The number of amides is 1. The molecule has 3 aromatic rings. The Morgan fingerprint density at radius 3 is 2.23 bits per heavy atom. The number of halogens is 1.